The lowest BCUT2D eigenvalue weighted by Crippen LogP contribution is -2.45. The number of para-hydroxylation sites is 1. The molecule has 2 aliphatic rings. The first-order valence-electron chi connectivity index (χ1n) is 11.4. The van der Waals surface area contributed by atoms with Gasteiger partial charge in [-0.3, -0.25) is 19.5 Å². The summed E-state index contributed by atoms with van der Waals surface area (Å²) in [5.41, 5.74) is 3.83. The summed E-state index contributed by atoms with van der Waals surface area (Å²) in [5, 5.41) is 4.10. The van der Waals surface area contributed by atoms with E-state index in [-0.39, 0.29) is 31.5 Å². The van der Waals surface area contributed by atoms with Crippen molar-refractivity contribution >= 4 is 29.3 Å². The predicted molar refractivity (Wildman–Crippen MR) is 127 cm³/mol. The van der Waals surface area contributed by atoms with Crippen LogP contribution in [0.15, 0.2) is 48.5 Å². The third kappa shape index (κ3) is 6.18. The van der Waals surface area contributed by atoms with Crippen LogP contribution in [-0.2, 0) is 14.3 Å². The second kappa shape index (κ2) is 11.0. The summed E-state index contributed by atoms with van der Waals surface area (Å²) in [5.74, 6) is -0.297. The van der Waals surface area contributed by atoms with Crippen LogP contribution in [0, 0.1) is 5.82 Å². The van der Waals surface area contributed by atoms with E-state index in [9.17, 15) is 14.4 Å². The minimum atomic E-state index is -0.585. The van der Waals surface area contributed by atoms with E-state index in [2.05, 4.69) is 10.7 Å². The number of nitrogens with zero attached hydrogens (tertiary/aromatic N) is 3. The minimum Gasteiger partial charge on any atom is -0.484 e. The van der Waals surface area contributed by atoms with Crippen molar-refractivity contribution in [2.24, 2.45) is 0 Å². The number of benzene rings is 2. The lowest BCUT2D eigenvalue weighted by atomic mass is 10.2. The minimum absolute atomic E-state index is 0.102. The maximum atomic E-state index is 15.1. The molecule has 186 valence electrons. The zero-order chi connectivity index (χ0) is 24.8. The monoisotopic (exact) mass is 485 g/mol. The Morgan fingerprint density at radius 1 is 1.17 bits per heavy atom. The number of amides is 3. The van der Waals surface area contributed by atoms with Crippen molar-refractivity contribution in [1.82, 2.24) is 15.8 Å². The molecule has 35 heavy (non-hydrogen) atoms. The van der Waals surface area contributed by atoms with Crippen LogP contribution in [0.5, 0.6) is 5.75 Å². The highest BCUT2D eigenvalue weighted by atomic mass is 19.1. The summed E-state index contributed by atoms with van der Waals surface area (Å²) in [6, 6.07) is 13.7. The summed E-state index contributed by atoms with van der Waals surface area (Å²) < 4.78 is 25.8. The molecule has 2 heterocycles. The number of hydrazine groups is 1. The molecule has 3 amide bonds. The van der Waals surface area contributed by atoms with Crippen LogP contribution in [0.25, 0.3) is 0 Å². The van der Waals surface area contributed by atoms with Gasteiger partial charge in [-0.15, -0.1) is 0 Å². The van der Waals surface area contributed by atoms with Gasteiger partial charge in [0.2, 0.25) is 5.91 Å². The molecule has 2 aromatic carbocycles. The molecule has 10 nitrogen and oxygen atoms in total. The van der Waals surface area contributed by atoms with Gasteiger partial charge in [-0.1, -0.05) is 18.2 Å². The Morgan fingerprint density at radius 3 is 2.71 bits per heavy atom. The molecule has 0 spiro atoms. The molecule has 0 bridgehead atoms. The largest absolute Gasteiger partial charge is 0.484 e. The fourth-order valence-electron chi connectivity index (χ4n) is 3.94. The fourth-order valence-corrected chi connectivity index (χ4v) is 3.94. The molecule has 2 aromatic rings. The normalized spacial score (nSPS) is 18.2. The van der Waals surface area contributed by atoms with Crippen LogP contribution in [-0.4, -0.2) is 74.9 Å². The van der Waals surface area contributed by atoms with E-state index >= 15 is 4.39 Å². The number of ether oxygens (including phenoxy) is 2. The maximum Gasteiger partial charge on any atom is 0.414 e. The Hall–Kier alpha value is -3.86. The Balaban J connectivity index is 1.33. The highest BCUT2D eigenvalue weighted by Gasteiger charge is 2.33. The summed E-state index contributed by atoms with van der Waals surface area (Å²) in [6.07, 6.45) is -1.08. The van der Waals surface area contributed by atoms with Crippen molar-refractivity contribution in [3.63, 3.8) is 0 Å². The SMILES string of the molecule is CC(=O)NC[C@H]1CN(c2ccc(N3CCNN(C(=O)COc4ccccc4)CC3)c(F)c2)C(=O)O1. The first-order valence-corrected chi connectivity index (χ1v) is 11.4. The van der Waals surface area contributed by atoms with Gasteiger partial charge in [0.1, 0.15) is 17.7 Å². The molecular formula is C24H28FN5O5. The van der Waals surface area contributed by atoms with E-state index in [0.717, 1.165) is 0 Å². The third-order valence-electron chi connectivity index (χ3n) is 5.72. The topological polar surface area (TPSA) is 103 Å². The van der Waals surface area contributed by atoms with Crippen molar-refractivity contribution in [3.05, 3.63) is 54.3 Å². The van der Waals surface area contributed by atoms with E-state index in [0.29, 0.717) is 43.3 Å². The Kier molecular flexibility index (Phi) is 7.66. The van der Waals surface area contributed by atoms with Gasteiger partial charge in [0.25, 0.3) is 5.91 Å². The lowest BCUT2D eigenvalue weighted by Gasteiger charge is -2.24. The van der Waals surface area contributed by atoms with Crippen LogP contribution in [0.4, 0.5) is 20.6 Å². The fraction of sp³-hybridized carbons (Fsp3) is 0.375. The van der Waals surface area contributed by atoms with Gasteiger partial charge in [-0.2, -0.15) is 0 Å². The molecule has 0 radical (unpaired) electrons. The van der Waals surface area contributed by atoms with Crippen LogP contribution in [0.2, 0.25) is 0 Å². The van der Waals surface area contributed by atoms with Crippen molar-refractivity contribution < 1.29 is 28.2 Å². The summed E-state index contributed by atoms with van der Waals surface area (Å²) in [7, 11) is 0. The molecule has 0 aliphatic carbocycles. The maximum absolute atomic E-state index is 15.1. The van der Waals surface area contributed by atoms with Crippen LogP contribution >= 0.6 is 0 Å². The Bertz CT molecular complexity index is 1070. The molecule has 2 saturated heterocycles. The molecule has 11 heteroatoms. The number of carbonyl (C=O) groups excluding carboxylic acids is 3. The van der Waals surface area contributed by atoms with Crippen molar-refractivity contribution in [2.45, 2.75) is 13.0 Å². The molecule has 0 unspecified atom stereocenters. The zero-order valence-electron chi connectivity index (χ0n) is 19.4. The summed E-state index contributed by atoms with van der Waals surface area (Å²) in [6.45, 7) is 3.40. The summed E-state index contributed by atoms with van der Waals surface area (Å²) in [4.78, 5) is 39.0. The molecule has 0 aromatic heterocycles. The molecule has 0 saturated carbocycles. The average molecular weight is 486 g/mol. The first-order chi connectivity index (χ1) is 16.9. The second-order valence-corrected chi connectivity index (χ2v) is 8.23. The molecule has 2 aliphatic heterocycles. The van der Waals surface area contributed by atoms with E-state index < -0.39 is 18.0 Å². The van der Waals surface area contributed by atoms with Crippen LogP contribution in [0.1, 0.15) is 6.92 Å². The van der Waals surface area contributed by atoms with Crippen molar-refractivity contribution in [2.75, 3.05) is 55.7 Å². The van der Waals surface area contributed by atoms with Crippen molar-refractivity contribution in [1.29, 1.82) is 0 Å². The van der Waals surface area contributed by atoms with E-state index in [4.69, 9.17) is 9.47 Å². The quantitative estimate of drug-likeness (QED) is 0.613. The number of hydrogen-bond donors (Lipinski definition) is 2. The van der Waals surface area contributed by atoms with Crippen LogP contribution < -0.4 is 25.3 Å². The molecule has 4 rings (SSSR count). The van der Waals surface area contributed by atoms with Gasteiger partial charge in [0.15, 0.2) is 6.61 Å². The lowest BCUT2D eigenvalue weighted by molar-refractivity contribution is -0.136. The summed E-state index contributed by atoms with van der Waals surface area (Å²) >= 11 is 0. The number of nitrogens with one attached hydrogen (secondary N) is 2. The molecule has 2 fully saturated rings. The average Bonchev–Trinajstić information content (AvgIpc) is 3.06. The van der Waals surface area contributed by atoms with Gasteiger partial charge in [-0.25, -0.2) is 14.6 Å². The molecule has 1 atom stereocenters. The number of anilines is 2. The predicted octanol–water partition coefficient (Wildman–Crippen LogP) is 1.52. The highest BCUT2D eigenvalue weighted by Crippen LogP contribution is 2.28. The van der Waals surface area contributed by atoms with Crippen LogP contribution in [0.3, 0.4) is 0 Å². The van der Waals surface area contributed by atoms with E-state index in [1.165, 1.54) is 22.9 Å². The van der Waals surface area contributed by atoms with Gasteiger partial charge >= 0.3 is 6.09 Å². The standard InChI is InChI=1S/C24H28FN5O5/c1-17(31)26-14-20-15-29(24(33)35-20)18-7-8-22(21(25)13-18)28-10-9-27-30(12-11-28)23(32)16-34-19-5-3-2-4-6-19/h2-8,13,20,27H,9-12,14-16H2,1H3,(H,26,31)/t20-/m0/s1. The zero-order valence-corrected chi connectivity index (χ0v) is 19.4. The van der Waals surface area contributed by atoms with Gasteiger partial charge < -0.3 is 19.7 Å². The Labute approximate surface area is 202 Å². The second-order valence-electron chi connectivity index (χ2n) is 8.23. The highest BCUT2D eigenvalue weighted by molar-refractivity contribution is 5.90. The van der Waals surface area contributed by atoms with Crippen molar-refractivity contribution in [3.8, 4) is 5.75 Å². The number of rotatable bonds is 7. The molecular weight excluding hydrogens is 457 g/mol. The number of halogens is 1. The van der Waals surface area contributed by atoms with E-state index in [1.54, 1.807) is 24.3 Å². The van der Waals surface area contributed by atoms with E-state index in [1.807, 2.05) is 23.1 Å². The Morgan fingerprint density at radius 2 is 1.97 bits per heavy atom. The first kappa shape index (κ1) is 24.3. The smallest absolute Gasteiger partial charge is 0.414 e. The van der Waals surface area contributed by atoms with Gasteiger partial charge in [-0.05, 0) is 30.3 Å². The van der Waals surface area contributed by atoms with Gasteiger partial charge in [0, 0.05) is 26.6 Å². The van der Waals surface area contributed by atoms with Gasteiger partial charge in [0.05, 0.1) is 31.0 Å². The number of hydrogen-bond acceptors (Lipinski definition) is 7. The third-order valence-corrected chi connectivity index (χ3v) is 5.72. The molecule has 2 N–H and O–H groups in total. The number of cyclic esters (lactones) is 1. The number of carbonyl (C=O) groups is 3.